The van der Waals surface area contributed by atoms with Crippen molar-refractivity contribution in [3.8, 4) is 12.1 Å². The SMILES string of the molecule is COc1ncc([C@H]([C@H](C)NC(=O)C(C)(F)F)n2ncc3cc(C#N)ccc32)cn1. The van der Waals surface area contributed by atoms with Gasteiger partial charge in [-0.3, -0.25) is 9.48 Å². The molecule has 1 aromatic carbocycles. The van der Waals surface area contributed by atoms with Crippen molar-refractivity contribution < 1.29 is 18.3 Å². The first-order valence-electron chi connectivity index (χ1n) is 8.66. The summed E-state index contributed by atoms with van der Waals surface area (Å²) in [6, 6.07) is 5.76. The number of nitriles is 1. The third kappa shape index (κ3) is 4.13. The summed E-state index contributed by atoms with van der Waals surface area (Å²) in [5.74, 6) is -4.92. The van der Waals surface area contributed by atoms with Gasteiger partial charge in [-0.15, -0.1) is 0 Å². The van der Waals surface area contributed by atoms with Crippen LogP contribution in [-0.4, -0.2) is 44.7 Å². The molecule has 0 aliphatic heterocycles. The monoisotopic (exact) mass is 400 g/mol. The molecule has 3 aromatic rings. The molecule has 0 fully saturated rings. The van der Waals surface area contributed by atoms with Crippen molar-refractivity contribution >= 4 is 16.8 Å². The van der Waals surface area contributed by atoms with Gasteiger partial charge in [-0.25, -0.2) is 9.97 Å². The van der Waals surface area contributed by atoms with Crippen LogP contribution in [0, 0.1) is 11.3 Å². The smallest absolute Gasteiger partial charge is 0.321 e. The number of carbonyl (C=O) groups excluding carboxylic acids is 1. The summed E-state index contributed by atoms with van der Waals surface area (Å²) in [7, 11) is 1.42. The van der Waals surface area contributed by atoms with E-state index >= 15 is 0 Å². The second kappa shape index (κ2) is 7.79. The third-order valence-electron chi connectivity index (χ3n) is 4.39. The molecule has 8 nitrogen and oxygen atoms in total. The molecule has 0 bridgehead atoms. The van der Waals surface area contributed by atoms with Gasteiger partial charge < -0.3 is 10.1 Å². The molecule has 2 atom stereocenters. The number of nitrogens with one attached hydrogen (secondary N) is 1. The van der Waals surface area contributed by atoms with Gasteiger partial charge in [0.15, 0.2) is 0 Å². The van der Waals surface area contributed by atoms with Crippen LogP contribution in [0.2, 0.25) is 0 Å². The summed E-state index contributed by atoms with van der Waals surface area (Å²) in [6.45, 7) is 2.13. The number of alkyl halides is 2. The van der Waals surface area contributed by atoms with Crippen molar-refractivity contribution in [1.82, 2.24) is 25.1 Å². The van der Waals surface area contributed by atoms with Crippen molar-refractivity contribution in [3.05, 3.63) is 47.9 Å². The van der Waals surface area contributed by atoms with Crippen LogP contribution in [0.25, 0.3) is 10.9 Å². The van der Waals surface area contributed by atoms with Crippen molar-refractivity contribution in [2.24, 2.45) is 0 Å². The largest absolute Gasteiger partial charge is 0.467 e. The highest BCUT2D eigenvalue weighted by Crippen LogP contribution is 2.27. The molecule has 0 spiro atoms. The van der Waals surface area contributed by atoms with Gasteiger partial charge in [0.2, 0.25) is 0 Å². The number of ether oxygens (including phenoxy) is 1. The van der Waals surface area contributed by atoms with Gasteiger partial charge in [0.05, 0.1) is 36.5 Å². The lowest BCUT2D eigenvalue weighted by Gasteiger charge is -2.27. The van der Waals surface area contributed by atoms with E-state index in [2.05, 4.69) is 26.5 Å². The van der Waals surface area contributed by atoms with E-state index in [0.29, 0.717) is 29.0 Å². The highest BCUT2D eigenvalue weighted by molar-refractivity contribution is 5.83. The Balaban J connectivity index is 2.07. The molecule has 0 unspecified atom stereocenters. The van der Waals surface area contributed by atoms with Crippen molar-refractivity contribution in [1.29, 1.82) is 5.26 Å². The highest BCUT2D eigenvalue weighted by Gasteiger charge is 2.35. The van der Waals surface area contributed by atoms with Crippen LogP contribution in [0.5, 0.6) is 6.01 Å². The van der Waals surface area contributed by atoms with Crippen LogP contribution >= 0.6 is 0 Å². The van der Waals surface area contributed by atoms with Gasteiger partial charge >= 0.3 is 11.9 Å². The number of rotatable bonds is 6. The summed E-state index contributed by atoms with van der Waals surface area (Å²) < 4.78 is 33.4. The summed E-state index contributed by atoms with van der Waals surface area (Å²) in [4.78, 5) is 20.0. The van der Waals surface area contributed by atoms with Crippen LogP contribution in [0.1, 0.15) is 31.0 Å². The lowest BCUT2D eigenvalue weighted by atomic mass is 10.0. The minimum absolute atomic E-state index is 0.147. The van der Waals surface area contributed by atoms with Gasteiger partial charge in [-0.05, 0) is 25.1 Å². The van der Waals surface area contributed by atoms with Gasteiger partial charge in [-0.1, -0.05) is 0 Å². The molecular formula is C19H18F2N6O2. The molecule has 0 aliphatic carbocycles. The molecule has 0 saturated heterocycles. The number of nitrogens with zero attached hydrogens (tertiary/aromatic N) is 5. The number of aromatic nitrogens is 4. The quantitative estimate of drug-likeness (QED) is 0.681. The van der Waals surface area contributed by atoms with Crippen molar-refractivity contribution in [2.45, 2.75) is 31.9 Å². The Morgan fingerprint density at radius 1 is 1.31 bits per heavy atom. The second-order valence-electron chi connectivity index (χ2n) is 6.57. The number of fused-ring (bicyclic) bond motifs is 1. The average molecular weight is 400 g/mol. The number of halogens is 2. The topological polar surface area (TPSA) is 106 Å². The van der Waals surface area contributed by atoms with Crippen molar-refractivity contribution in [3.63, 3.8) is 0 Å². The maximum Gasteiger partial charge on any atom is 0.321 e. The highest BCUT2D eigenvalue weighted by atomic mass is 19.3. The molecule has 2 aromatic heterocycles. The maximum absolute atomic E-state index is 13.4. The Kier molecular flexibility index (Phi) is 5.41. The second-order valence-corrected chi connectivity index (χ2v) is 6.57. The molecule has 10 heteroatoms. The van der Waals surface area contributed by atoms with E-state index in [4.69, 9.17) is 10.00 Å². The van der Waals surface area contributed by atoms with E-state index in [0.717, 1.165) is 0 Å². The summed E-state index contributed by atoms with van der Waals surface area (Å²) in [6.07, 6.45) is 4.54. The van der Waals surface area contributed by atoms with Gasteiger partial charge in [0.1, 0.15) is 6.04 Å². The number of carbonyl (C=O) groups is 1. The first-order chi connectivity index (χ1) is 13.7. The third-order valence-corrected chi connectivity index (χ3v) is 4.39. The molecule has 29 heavy (non-hydrogen) atoms. The zero-order valence-electron chi connectivity index (χ0n) is 15.9. The molecule has 0 saturated carbocycles. The summed E-state index contributed by atoms with van der Waals surface area (Å²) in [5, 5.41) is 16.5. The lowest BCUT2D eigenvalue weighted by molar-refractivity contribution is -0.143. The Bertz CT molecular complexity index is 1070. The molecule has 1 N–H and O–H groups in total. The molecule has 2 heterocycles. The molecular weight excluding hydrogens is 382 g/mol. The van der Waals surface area contributed by atoms with Crippen LogP contribution < -0.4 is 10.1 Å². The van der Waals surface area contributed by atoms with E-state index in [-0.39, 0.29) is 6.01 Å². The van der Waals surface area contributed by atoms with Gasteiger partial charge in [-0.2, -0.15) is 19.1 Å². The number of methoxy groups -OCH3 is 1. The van der Waals surface area contributed by atoms with Gasteiger partial charge in [0, 0.05) is 30.3 Å². The van der Waals surface area contributed by atoms with E-state index in [9.17, 15) is 13.6 Å². The first kappa shape index (κ1) is 20.1. The minimum Gasteiger partial charge on any atom is -0.467 e. The van der Waals surface area contributed by atoms with Crippen LogP contribution in [0.3, 0.4) is 0 Å². The number of hydrogen-bond acceptors (Lipinski definition) is 6. The van der Waals surface area contributed by atoms with E-state index in [1.54, 1.807) is 36.0 Å². The molecule has 0 radical (unpaired) electrons. The zero-order valence-corrected chi connectivity index (χ0v) is 15.9. The number of amides is 1. The van der Waals surface area contributed by atoms with E-state index < -0.39 is 23.9 Å². The Morgan fingerprint density at radius 3 is 2.59 bits per heavy atom. The van der Waals surface area contributed by atoms with Crippen LogP contribution in [0.4, 0.5) is 8.78 Å². The Labute approximate surface area is 165 Å². The lowest BCUT2D eigenvalue weighted by Crippen LogP contribution is -2.46. The Hall–Kier alpha value is -3.61. The average Bonchev–Trinajstić information content (AvgIpc) is 3.10. The van der Waals surface area contributed by atoms with E-state index in [1.807, 2.05) is 0 Å². The maximum atomic E-state index is 13.4. The molecule has 3 rings (SSSR count). The van der Waals surface area contributed by atoms with Crippen LogP contribution in [0.15, 0.2) is 36.8 Å². The number of benzene rings is 1. The summed E-state index contributed by atoms with van der Waals surface area (Å²) >= 11 is 0. The first-order valence-corrected chi connectivity index (χ1v) is 8.66. The summed E-state index contributed by atoms with van der Waals surface area (Å²) in [5.41, 5.74) is 1.66. The molecule has 0 aliphatic rings. The fraction of sp³-hybridized carbons (Fsp3) is 0.316. The minimum atomic E-state index is -3.52. The zero-order chi connectivity index (χ0) is 21.2. The standard InChI is InChI=1S/C19H18F2N6O2/c1-11(26-17(28)19(2,20)21)16(14-8-23-18(29-3)24-9-14)27-15-5-4-12(7-22)6-13(15)10-25-27/h4-6,8-11,16H,1-3H3,(H,26,28)/t11-,16-/m0/s1. The fourth-order valence-electron chi connectivity index (χ4n) is 2.98. The predicted molar refractivity (Wildman–Crippen MR) is 99.4 cm³/mol. The normalized spacial score (nSPS) is 13.5. The molecule has 1 amide bonds. The Morgan fingerprint density at radius 2 is 2.00 bits per heavy atom. The number of hydrogen-bond donors (Lipinski definition) is 1. The van der Waals surface area contributed by atoms with Crippen LogP contribution in [-0.2, 0) is 4.79 Å². The van der Waals surface area contributed by atoms with E-state index in [1.165, 1.54) is 19.5 Å². The fourth-order valence-corrected chi connectivity index (χ4v) is 2.98. The predicted octanol–water partition coefficient (Wildman–Crippen LogP) is 2.46. The molecule has 150 valence electrons. The van der Waals surface area contributed by atoms with Crippen molar-refractivity contribution in [2.75, 3.05) is 7.11 Å². The van der Waals surface area contributed by atoms with Gasteiger partial charge in [0.25, 0.3) is 5.91 Å².